The molecule has 0 bridgehead atoms. The third kappa shape index (κ3) is 3.26. The second-order valence-electron chi connectivity index (χ2n) is 5.65. The lowest BCUT2D eigenvalue weighted by molar-refractivity contribution is 0.0824. The zero-order chi connectivity index (χ0) is 20.6. The van der Waals surface area contributed by atoms with Crippen molar-refractivity contribution in [2.75, 3.05) is 6.61 Å². The van der Waals surface area contributed by atoms with Gasteiger partial charge in [-0.15, -0.1) is 10.2 Å². The Morgan fingerprint density at radius 3 is 2.46 bits per heavy atom. The fourth-order valence-corrected chi connectivity index (χ4v) is 2.40. The first-order valence-electron chi connectivity index (χ1n) is 7.68. The summed E-state index contributed by atoms with van der Waals surface area (Å²) >= 11 is 0. The van der Waals surface area contributed by atoms with Crippen LogP contribution in [-0.4, -0.2) is 57.1 Å². The van der Waals surface area contributed by atoms with Gasteiger partial charge in [-0.2, -0.15) is 4.98 Å². The van der Waals surface area contributed by atoms with Crippen LogP contribution in [-0.2, 0) is 13.6 Å². The van der Waals surface area contributed by atoms with Crippen molar-refractivity contribution in [2.24, 2.45) is 17.3 Å². The molecular weight excluding hydrogens is 380 g/mol. The molecule has 0 spiro atoms. The van der Waals surface area contributed by atoms with E-state index in [2.05, 4.69) is 20.2 Å². The number of aromatic amines is 3. The number of hydrogen-bond acceptors (Lipinski definition) is 10. The molecule has 0 saturated carbocycles. The number of imidazole rings is 1. The van der Waals surface area contributed by atoms with Crippen molar-refractivity contribution in [3.8, 4) is 5.88 Å². The first-order valence-corrected chi connectivity index (χ1v) is 7.68. The number of H-pyrrole nitrogens is 3. The third-order valence-electron chi connectivity index (χ3n) is 3.73. The number of rotatable bonds is 5. The van der Waals surface area contributed by atoms with Crippen molar-refractivity contribution < 1.29 is 15.3 Å². The van der Waals surface area contributed by atoms with E-state index < -0.39 is 46.8 Å². The molecule has 15 heteroatoms. The molecule has 3 aromatic heterocycles. The Morgan fingerprint density at radius 2 is 1.82 bits per heavy atom. The van der Waals surface area contributed by atoms with Gasteiger partial charge in [-0.25, -0.2) is 9.59 Å². The molecule has 0 aromatic carbocycles. The molecule has 0 aliphatic carbocycles. The smallest absolute Gasteiger partial charge is 0.329 e. The van der Waals surface area contributed by atoms with Crippen LogP contribution in [0.15, 0.2) is 29.4 Å². The Morgan fingerprint density at radius 1 is 1.11 bits per heavy atom. The van der Waals surface area contributed by atoms with Gasteiger partial charge in [-0.1, -0.05) is 0 Å². The van der Waals surface area contributed by atoms with Gasteiger partial charge in [0.05, 0.1) is 19.3 Å². The van der Waals surface area contributed by atoms with E-state index in [1.807, 2.05) is 9.97 Å². The average molecular weight is 394 g/mol. The van der Waals surface area contributed by atoms with Crippen LogP contribution in [0.1, 0.15) is 0 Å². The molecule has 0 radical (unpaired) electrons. The summed E-state index contributed by atoms with van der Waals surface area (Å²) in [4.78, 5) is 56.6. The van der Waals surface area contributed by atoms with E-state index in [0.29, 0.717) is 0 Å². The molecule has 0 fully saturated rings. The van der Waals surface area contributed by atoms with Crippen molar-refractivity contribution in [1.29, 1.82) is 0 Å². The molecule has 15 nitrogen and oxygen atoms in total. The van der Waals surface area contributed by atoms with Gasteiger partial charge in [0.25, 0.3) is 17.1 Å². The minimum absolute atomic E-state index is 0.0903. The maximum atomic E-state index is 12.2. The zero-order valence-electron chi connectivity index (χ0n) is 14.2. The summed E-state index contributed by atoms with van der Waals surface area (Å²) < 4.78 is 2.09. The lowest BCUT2D eigenvalue weighted by atomic mass is 10.3. The molecule has 3 rings (SSSR count). The van der Waals surface area contributed by atoms with Gasteiger partial charge in [0, 0.05) is 7.05 Å². The quantitative estimate of drug-likeness (QED) is 0.249. The summed E-state index contributed by atoms with van der Waals surface area (Å²) in [5, 5.41) is 35.7. The van der Waals surface area contributed by atoms with Gasteiger partial charge >= 0.3 is 11.4 Å². The molecule has 0 amide bonds. The Kier molecular flexibility index (Phi) is 4.76. The first kappa shape index (κ1) is 18.9. The predicted molar refractivity (Wildman–Crippen MR) is 92.2 cm³/mol. The van der Waals surface area contributed by atoms with E-state index >= 15 is 0 Å². The Labute approximate surface area is 152 Å². The maximum Gasteiger partial charge on any atom is 0.329 e. The number of hydrogen-bond donors (Lipinski definition) is 6. The van der Waals surface area contributed by atoms with Crippen LogP contribution >= 0.6 is 0 Å². The first-order chi connectivity index (χ1) is 13.2. The van der Waals surface area contributed by atoms with E-state index in [0.717, 1.165) is 9.13 Å². The molecule has 1 unspecified atom stereocenters. The van der Waals surface area contributed by atoms with Crippen molar-refractivity contribution in [3.63, 3.8) is 0 Å². The Balaban J connectivity index is 2.24. The molecule has 3 aromatic rings. The molecule has 1 atom stereocenters. The lowest BCUT2D eigenvalue weighted by Gasteiger charge is -2.09. The number of aromatic nitrogens is 6. The highest BCUT2D eigenvalue weighted by Crippen LogP contribution is 2.23. The number of azo groups is 1. The minimum Gasteiger partial charge on any atom is -0.493 e. The number of aryl methyl sites for hydroxylation is 1. The van der Waals surface area contributed by atoms with Crippen molar-refractivity contribution >= 4 is 22.8 Å². The monoisotopic (exact) mass is 394 g/mol. The maximum absolute atomic E-state index is 12.2. The van der Waals surface area contributed by atoms with E-state index in [1.54, 1.807) is 0 Å². The number of nitrogens with zero attached hydrogens (tertiary/aromatic N) is 5. The van der Waals surface area contributed by atoms with Gasteiger partial charge in [-0.3, -0.25) is 33.7 Å². The summed E-state index contributed by atoms with van der Waals surface area (Å²) in [7, 11) is 1.33. The van der Waals surface area contributed by atoms with Gasteiger partial charge in [0.15, 0.2) is 11.2 Å². The van der Waals surface area contributed by atoms with E-state index in [1.165, 1.54) is 7.05 Å². The molecule has 0 aliphatic heterocycles. The predicted octanol–water partition coefficient (Wildman–Crippen LogP) is -2.73. The lowest BCUT2D eigenvalue weighted by Crippen LogP contribution is -2.30. The number of aliphatic hydroxyl groups excluding tert-OH is 2. The fraction of sp³-hybridized carbons (Fsp3) is 0.308. The fourth-order valence-electron chi connectivity index (χ4n) is 2.40. The number of nitrogens with one attached hydrogen (secondary N) is 3. The second-order valence-corrected chi connectivity index (χ2v) is 5.65. The van der Waals surface area contributed by atoms with Gasteiger partial charge in [0.1, 0.15) is 0 Å². The summed E-state index contributed by atoms with van der Waals surface area (Å²) in [5.74, 6) is -1.15. The van der Waals surface area contributed by atoms with Crippen LogP contribution < -0.4 is 22.5 Å². The van der Waals surface area contributed by atoms with E-state index in [9.17, 15) is 29.4 Å². The summed E-state index contributed by atoms with van der Waals surface area (Å²) in [6.07, 6.45) is -1.30. The SMILES string of the molecule is Cn1c(=O)[nH]c(=O)c2c1nc(N=Nc1c(O)[nH]c(=O)[nH]c1=O)n2CC(O)CO. The van der Waals surface area contributed by atoms with Crippen molar-refractivity contribution in [2.45, 2.75) is 12.6 Å². The number of fused-ring (bicyclic) bond motifs is 1. The largest absolute Gasteiger partial charge is 0.493 e. The Hall–Kier alpha value is -3.85. The van der Waals surface area contributed by atoms with Crippen LogP contribution in [0.25, 0.3) is 11.2 Å². The highest BCUT2D eigenvalue weighted by atomic mass is 16.3. The zero-order valence-corrected chi connectivity index (χ0v) is 14.2. The molecule has 0 saturated heterocycles. The standard InChI is InChI=1S/C13H14N8O7/c1-20-7-6(10(26)17-13(20)28)21(2-4(23)3-22)11(14-7)19-18-5-8(24)15-12(27)16-9(5)25/h4,22-23H,2-3H2,1H3,(H,17,26,28)(H3,15,16,24,25,27). The molecule has 3 heterocycles. The molecule has 0 aliphatic rings. The van der Waals surface area contributed by atoms with Crippen molar-refractivity contribution in [3.05, 3.63) is 41.7 Å². The number of aliphatic hydroxyl groups is 2. The second kappa shape index (κ2) is 7.05. The highest BCUT2D eigenvalue weighted by Gasteiger charge is 2.19. The van der Waals surface area contributed by atoms with Crippen LogP contribution in [0.5, 0.6) is 5.88 Å². The molecule has 148 valence electrons. The van der Waals surface area contributed by atoms with Gasteiger partial charge < -0.3 is 15.3 Å². The molecular formula is C13H14N8O7. The summed E-state index contributed by atoms with van der Waals surface area (Å²) in [6, 6.07) is 0. The average Bonchev–Trinajstić information content (AvgIpc) is 2.97. The third-order valence-corrected chi connectivity index (χ3v) is 3.73. The van der Waals surface area contributed by atoms with Gasteiger partial charge in [-0.05, 0) is 0 Å². The van der Waals surface area contributed by atoms with E-state index in [-0.39, 0.29) is 23.7 Å². The topological polar surface area (TPSA) is 224 Å². The van der Waals surface area contributed by atoms with E-state index in [4.69, 9.17) is 5.11 Å². The van der Waals surface area contributed by atoms with Gasteiger partial charge in [0.2, 0.25) is 11.6 Å². The summed E-state index contributed by atoms with van der Waals surface area (Å²) in [6.45, 7) is -0.975. The molecule has 6 N–H and O–H groups in total. The highest BCUT2D eigenvalue weighted by molar-refractivity contribution is 5.73. The minimum atomic E-state index is -1.30. The van der Waals surface area contributed by atoms with Crippen LogP contribution in [0, 0.1) is 0 Å². The van der Waals surface area contributed by atoms with Crippen LogP contribution in [0.2, 0.25) is 0 Å². The number of aromatic hydroxyl groups is 1. The van der Waals surface area contributed by atoms with Crippen molar-refractivity contribution in [1.82, 2.24) is 29.1 Å². The molecule has 28 heavy (non-hydrogen) atoms. The Bertz CT molecular complexity index is 1310. The van der Waals surface area contributed by atoms with Crippen LogP contribution in [0.3, 0.4) is 0 Å². The normalized spacial score (nSPS) is 12.8. The van der Waals surface area contributed by atoms with Crippen LogP contribution in [0.4, 0.5) is 11.6 Å². The summed E-state index contributed by atoms with van der Waals surface area (Å²) in [5.41, 5.74) is -4.42.